The van der Waals surface area contributed by atoms with E-state index in [1.54, 1.807) is 23.3 Å². The van der Waals surface area contributed by atoms with Gasteiger partial charge in [-0.15, -0.1) is 11.3 Å². The topological polar surface area (TPSA) is 59.2 Å². The van der Waals surface area contributed by atoms with E-state index in [9.17, 15) is 4.79 Å². The number of rotatable bonds is 6. The first-order valence-electron chi connectivity index (χ1n) is 7.08. The van der Waals surface area contributed by atoms with Crippen LogP contribution in [0.5, 0.6) is 0 Å². The Balaban J connectivity index is 1.90. The number of carbonyl (C=O) groups excluding carboxylic acids is 1. The Kier molecular flexibility index (Phi) is 5.47. The van der Waals surface area contributed by atoms with Crippen molar-refractivity contribution < 1.29 is 4.79 Å². The van der Waals surface area contributed by atoms with Gasteiger partial charge in [-0.1, -0.05) is 37.3 Å². The van der Waals surface area contributed by atoms with Gasteiger partial charge in [0.2, 0.25) is 5.91 Å². The van der Waals surface area contributed by atoms with Gasteiger partial charge in [0.25, 0.3) is 0 Å². The van der Waals surface area contributed by atoms with Gasteiger partial charge >= 0.3 is 0 Å². The zero-order chi connectivity index (χ0) is 15.2. The second kappa shape index (κ2) is 7.33. The number of hydrogen-bond donors (Lipinski definition) is 1. The number of hydrogen-bond acceptors (Lipinski definition) is 4. The van der Waals surface area contributed by atoms with Crippen LogP contribution in [0, 0.1) is 0 Å². The van der Waals surface area contributed by atoms with Gasteiger partial charge in [-0.2, -0.15) is 0 Å². The Hall–Kier alpha value is -1.72. The minimum atomic E-state index is -0.261. The summed E-state index contributed by atoms with van der Waals surface area (Å²) in [6.07, 6.45) is 3.18. The number of thiazole rings is 1. The number of aromatic nitrogens is 1. The zero-order valence-electron chi connectivity index (χ0n) is 12.5. The van der Waals surface area contributed by atoms with Gasteiger partial charge in [0, 0.05) is 30.6 Å². The molecule has 1 amide bonds. The molecule has 0 aliphatic carbocycles. The molecule has 5 heteroatoms. The fraction of sp³-hybridized carbons (Fsp3) is 0.375. The van der Waals surface area contributed by atoms with Crippen LogP contribution < -0.4 is 5.73 Å². The van der Waals surface area contributed by atoms with Gasteiger partial charge in [0.05, 0.1) is 6.54 Å². The van der Waals surface area contributed by atoms with Gasteiger partial charge in [-0.3, -0.25) is 4.79 Å². The minimum Gasteiger partial charge on any atom is -0.339 e. The third kappa shape index (κ3) is 4.37. The summed E-state index contributed by atoms with van der Waals surface area (Å²) < 4.78 is 0. The largest absolute Gasteiger partial charge is 0.339 e. The summed E-state index contributed by atoms with van der Waals surface area (Å²) in [6.45, 7) is 2.65. The van der Waals surface area contributed by atoms with Crippen LogP contribution in [-0.2, 0) is 17.8 Å². The standard InChI is InChI=1S/C16H21N3OS/c1-3-13-10-18-15(21-13)11-19(2)16(20)9-14(17)12-7-5-4-6-8-12/h4-8,10,14H,3,9,11,17H2,1-2H3. The van der Waals surface area contributed by atoms with Crippen molar-refractivity contribution >= 4 is 17.2 Å². The lowest BCUT2D eigenvalue weighted by atomic mass is 10.0. The van der Waals surface area contributed by atoms with Crippen molar-refractivity contribution in [1.29, 1.82) is 0 Å². The molecule has 0 saturated heterocycles. The van der Waals surface area contributed by atoms with Gasteiger partial charge in [-0.25, -0.2) is 4.98 Å². The maximum absolute atomic E-state index is 12.2. The van der Waals surface area contributed by atoms with E-state index < -0.39 is 0 Å². The summed E-state index contributed by atoms with van der Waals surface area (Å²) in [5.41, 5.74) is 7.08. The lowest BCUT2D eigenvalue weighted by molar-refractivity contribution is -0.130. The van der Waals surface area contributed by atoms with Crippen LogP contribution in [0.3, 0.4) is 0 Å². The summed E-state index contributed by atoms with van der Waals surface area (Å²) in [7, 11) is 1.80. The monoisotopic (exact) mass is 303 g/mol. The lowest BCUT2D eigenvalue weighted by Gasteiger charge is -2.18. The number of carbonyl (C=O) groups is 1. The van der Waals surface area contributed by atoms with Gasteiger partial charge in [-0.05, 0) is 12.0 Å². The summed E-state index contributed by atoms with van der Waals surface area (Å²) in [5.74, 6) is 0.0413. The highest BCUT2D eigenvalue weighted by atomic mass is 32.1. The molecule has 0 spiro atoms. The predicted octanol–water partition coefficient (Wildman–Crippen LogP) is 2.75. The smallest absolute Gasteiger partial charge is 0.224 e. The summed E-state index contributed by atoms with van der Waals surface area (Å²) in [4.78, 5) is 19.5. The molecule has 1 aromatic heterocycles. The molecule has 0 bridgehead atoms. The average molecular weight is 303 g/mol. The van der Waals surface area contributed by atoms with Crippen molar-refractivity contribution in [2.24, 2.45) is 5.73 Å². The molecule has 2 N–H and O–H groups in total. The Labute approximate surface area is 129 Å². The molecule has 1 atom stereocenters. The molecular weight excluding hydrogens is 282 g/mol. The minimum absolute atomic E-state index is 0.0413. The third-order valence-electron chi connectivity index (χ3n) is 3.37. The SMILES string of the molecule is CCc1cnc(CN(C)C(=O)CC(N)c2ccccc2)s1. The number of nitrogens with two attached hydrogens (primary N) is 1. The third-order valence-corrected chi connectivity index (χ3v) is 4.50. The molecule has 2 rings (SSSR count). The van der Waals surface area contributed by atoms with Crippen molar-refractivity contribution in [2.45, 2.75) is 32.4 Å². The van der Waals surface area contributed by atoms with E-state index >= 15 is 0 Å². The molecule has 0 radical (unpaired) electrons. The molecule has 112 valence electrons. The number of nitrogens with zero attached hydrogens (tertiary/aromatic N) is 2. The summed E-state index contributed by atoms with van der Waals surface area (Å²) in [5, 5.41) is 0.969. The molecule has 0 saturated carbocycles. The maximum atomic E-state index is 12.2. The fourth-order valence-corrected chi connectivity index (χ4v) is 2.95. The summed E-state index contributed by atoms with van der Waals surface area (Å²) in [6, 6.07) is 9.45. The Morgan fingerprint density at radius 2 is 2.10 bits per heavy atom. The molecule has 2 aromatic rings. The van der Waals surface area contributed by atoms with Crippen LogP contribution in [0.1, 0.15) is 34.8 Å². The van der Waals surface area contributed by atoms with E-state index in [0.717, 1.165) is 17.0 Å². The normalized spacial score (nSPS) is 12.1. The van der Waals surface area contributed by atoms with E-state index in [1.165, 1.54) is 4.88 Å². The van der Waals surface area contributed by atoms with Crippen molar-refractivity contribution in [3.63, 3.8) is 0 Å². The van der Waals surface area contributed by atoms with Crippen molar-refractivity contribution in [3.8, 4) is 0 Å². The predicted molar refractivity (Wildman–Crippen MR) is 86.0 cm³/mol. The number of benzene rings is 1. The van der Waals surface area contributed by atoms with Gasteiger partial charge in [0.1, 0.15) is 5.01 Å². The number of amides is 1. The molecular formula is C16H21N3OS. The molecule has 21 heavy (non-hydrogen) atoms. The molecule has 0 aliphatic rings. The van der Waals surface area contributed by atoms with Crippen LogP contribution in [0.15, 0.2) is 36.5 Å². The summed E-state index contributed by atoms with van der Waals surface area (Å²) >= 11 is 1.66. The highest BCUT2D eigenvalue weighted by Crippen LogP contribution is 2.17. The first-order valence-corrected chi connectivity index (χ1v) is 7.90. The first kappa shape index (κ1) is 15.7. The zero-order valence-corrected chi connectivity index (χ0v) is 13.3. The fourth-order valence-electron chi connectivity index (χ4n) is 2.04. The second-order valence-corrected chi connectivity index (χ2v) is 6.24. The highest BCUT2D eigenvalue weighted by Gasteiger charge is 2.16. The highest BCUT2D eigenvalue weighted by molar-refractivity contribution is 7.11. The van der Waals surface area contributed by atoms with Crippen molar-refractivity contribution in [1.82, 2.24) is 9.88 Å². The van der Waals surface area contributed by atoms with Crippen LogP contribution in [0.4, 0.5) is 0 Å². The Bertz CT molecular complexity index is 582. The van der Waals surface area contributed by atoms with E-state index in [2.05, 4.69) is 11.9 Å². The van der Waals surface area contributed by atoms with Crippen molar-refractivity contribution in [2.75, 3.05) is 7.05 Å². The Morgan fingerprint density at radius 3 is 2.71 bits per heavy atom. The van der Waals surface area contributed by atoms with Crippen LogP contribution in [-0.4, -0.2) is 22.8 Å². The molecule has 1 heterocycles. The lowest BCUT2D eigenvalue weighted by Crippen LogP contribution is -2.29. The van der Waals surface area contributed by atoms with E-state index in [-0.39, 0.29) is 11.9 Å². The first-order chi connectivity index (χ1) is 10.1. The van der Waals surface area contributed by atoms with Crippen molar-refractivity contribution in [3.05, 3.63) is 52.0 Å². The quantitative estimate of drug-likeness (QED) is 0.892. The van der Waals surface area contributed by atoms with Crippen LogP contribution in [0.2, 0.25) is 0 Å². The van der Waals surface area contributed by atoms with Crippen LogP contribution >= 0.6 is 11.3 Å². The molecule has 1 unspecified atom stereocenters. The second-order valence-electron chi connectivity index (χ2n) is 5.04. The van der Waals surface area contributed by atoms with E-state index in [1.807, 2.05) is 36.5 Å². The molecule has 0 aliphatic heterocycles. The van der Waals surface area contributed by atoms with Crippen LogP contribution in [0.25, 0.3) is 0 Å². The molecule has 4 nitrogen and oxygen atoms in total. The average Bonchev–Trinajstić information content (AvgIpc) is 2.95. The van der Waals surface area contributed by atoms with Gasteiger partial charge in [0.15, 0.2) is 0 Å². The maximum Gasteiger partial charge on any atom is 0.224 e. The van der Waals surface area contributed by atoms with E-state index in [0.29, 0.717) is 13.0 Å². The Morgan fingerprint density at radius 1 is 1.38 bits per heavy atom. The van der Waals surface area contributed by atoms with Gasteiger partial charge < -0.3 is 10.6 Å². The van der Waals surface area contributed by atoms with E-state index in [4.69, 9.17) is 5.73 Å². The molecule has 1 aromatic carbocycles. The molecule has 0 fully saturated rings. The number of aryl methyl sites for hydroxylation is 1.